The van der Waals surface area contributed by atoms with E-state index in [9.17, 15) is 20.1 Å². The highest BCUT2D eigenvalue weighted by molar-refractivity contribution is 5.84. The molecule has 0 unspecified atom stereocenters. The summed E-state index contributed by atoms with van der Waals surface area (Å²) < 4.78 is 0. The van der Waals surface area contributed by atoms with Gasteiger partial charge in [0.15, 0.2) is 5.78 Å². The molecule has 0 amide bonds. The van der Waals surface area contributed by atoms with Crippen LogP contribution in [0.4, 0.5) is 4.79 Å². The van der Waals surface area contributed by atoms with Crippen molar-refractivity contribution in [2.45, 2.75) is 30.8 Å². The highest BCUT2D eigenvalue weighted by Crippen LogP contribution is 2.07. The van der Waals surface area contributed by atoms with E-state index in [1.54, 1.807) is 0 Å². The molecule has 0 aromatic rings. The van der Waals surface area contributed by atoms with Gasteiger partial charge in [-0.1, -0.05) is 6.08 Å². The van der Waals surface area contributed by atoms with E-state index in [4.69, 9.17) is 25.2 Å². The van der Waals surface area contributed by atoms with Crippen LogP contribution < -0.4 is 0 Å². The van der Waals surface area contributed by atoms with Crippen LogP contribution in [0.25, 0.3) is 0 Å². The molecule has 19 heavy (non-hydrogen) atoms. The molecule has 9 heteroatoms. The molecule has 0 fully saturated rings. The van der Waals surface area contributed by atoms with E-state index in [2.05, 4.69) is 6.58 Å². The molecule has 0 rings (SSSR count). The molecule has 0 aliphatic rings. The van der Waals surface area contributed by atoms with Crippen LogP contribution in [0.3, 0.4) is 0 Å². The first-order valence-electron chi connectivity index (χ1n) is 5.07. The lowest BCUT2D eigenvalue weighted by atomic mass is 9.99. The molecule has 0 saturated heterocycles. The minimum absolute atomic E-state index is 0.153. The van der Waals surface area contributed by atoms with Crippen LogP contribution in [0.5, 0.6) is 0 Å². The molecule has 112 valence electrons. The summed E-state index contributed by atoms with van der Waals surface area (Å²) in [5.41, 5.74) is 0. The molecule has 0 aliphatic heterocycles. The van der Waals surface area contributed by atoms with Crippen molar-refractivity contribution in [1.82, 2.24) is 0 Å². The Kier molecular flexibility index (Phi) is 10.9. The fraction of sp³-hybridized carbons (Fsp3) is 0.600. The molecule has 7 N–H and O–H groups in total. The molecular formula is C10H18O9. The second-order valence-corrected chi connectivity index (χ2v) is 3.42. The molecule has 0 bridgehead atoms. The van der Waals surface area contributed by atoms with E-state index in [1.165, 1.54) is 6.08 Å². The van der Waals surface area contributed by atoms with Crippen molar-refractivity contribution in [2.75, 3.05) is 6.61 Å². The van der Waals surface area contributed by atoms with Gasteiger partial charge in [0.1, 0.15) is 24.4 Å². The summed E-state index contributed by atoms with van der Waals surface area (Å²) in [6.45, 7) is 2.50. The summed E-state index contributed by atoms with van der Waals surface area (Å²) in [4.78, 5) is 19.6. The molecule has 0 heterocycles. The Morgan fingerprint density at radius 2 is 1.47 bits per heavy atom. The van der Waals surface area contributed by atoms with Gasteiger partial charge in [-0.25, -0.2) is 4.79 Å². The minimum atomic E-state index is -1.83. The number of rotatable bonds is 7. The van der Waals surface area contributed by atoms with Crippen molar-refractivity contribution < 1.29 is 45.3 Å². The lowest BCUT2D eigenvalue weighted by molar-refractivity contribution is -0.146. The van der Waals surface area contributed by atoms with E-state index >= 15 is 0 Å². The van der Waals surface area contributed by atoms with Crippen LogP contribution in [0.15, 0.2) is 12.7 Å². The standard InChI is InChI=1S/C9H16O6.CH2O3/c1-2-3-5(11)7(13)9(15)8(14)6(12)4-10;2-1(3)4/h2,6-10,12-15H,1,3-4H2;(H2,2,3,4)/t6-,7+,8-,9-;/m1./s1. The number of carbonyl (C=O) groups is 2. The smallest absolute Gasteiger partial charge is 0.450 e. The lowest BCUT2D eigenvalue weighted by Gasteiger charge is -2.24. The number of Topliss-reactive ketones (excluding diaryl/α,β-unsaturated/α-hetero) is 1. The first-order chi connectivity index (χ1) is 8.68. The van der Waals surface area contributed by atoms with Crippen LogP contribution in [0.2, 0.25) is 0 Å². The zero-order valence-corrected chi connectivity index (χ0v) is 9.96. The first kappa shape index (κ1) is 19.8. The Morgan fingerprint density at radius 1 is 1.05 bits per heavy atom. The predicted molar refractivity (Wildman–Crippen MR) is 61.6 cm³/mol. The normalized spacial score (nSPS) is 16.3. The average Bonchev–Trinajstić information content (AvgIpc) is 2.34. The van der Waals surface area contributed by atoms with Crippen LogP contribution in [-0.4, -0.2) is 78.7 Å². The van der Waals surface area contributed by atoms with E-state index in [0.717, 1.165) is 0 Å². The zero-order chi connectivity index (χ0) is 15.6. The van der Waals surface area contributed by atoms with Crippen LogP contribution >= 0.6 is 0 Å². The predicted octanol–water partition coefficient (Wildman–Crippen LogP) is -2.21. The molecule has 9 nitrogen and oxygen atoms in total. The number of hydrogen-bond donors (Lipinski definition) is 7. The number of carbonyl (C=O) groups excluding carboxylic acids is 1. The van der Waals surface area contributed by atoms with Crippen molar-refractivity contribution >= 4 is 11.9 Å². The van der Waals surface area contributed by atoms with Crippen LogP contribution in [0.1, 0.15) is 6.42 Å². The number of hydrogen-bond acceptors (Lipinski definition) is 7. The van der Waals surface area contributed by atoms with Gasteiger partial charge >= 0.3 is 6.16 Å². The maximum atomic E-state index is 11.1. The molecule has 0 saturated carbocycles. The number of ketones is 1. The minimum Gasteiger partial charge on any atom is -0.450 e. The Hall–Kier alpha value is -1.52. The second kappa shape index (κ2) is 10.4. The largest absolute Gasteiger partial charge is 0.503 e. The summed E-state index contributed by atoms with van der Waals surface area (Å²) in [6, 6.07) is 0. The molecule has 0 aliphatic carbocycles. The van der Waals surface area contributed by atoms with Gasteiger partial charge < -0.3 is 35.7 Å². The summed E-state index contributed by atoms with van der Waals surface area (Å²) in [6.07, 6.45) is -7.77. The van der Waals surface area contributed by atoms with Crippen molar-refractivity contribution in [3.8, 4) is 0 Å². The number of carboxylic acid groups (broad SMARTS) is 2. The Labute approximate surface area is 108 Å². The third-order valence-electron chi connectivity index (χ3n) is 1.93. The second-order valence-electron chi connectivity index (χ2n) is 3.42. The van der Waals surface area contributed by atoms with E-state index in [-0.39, 0.29) is 6.42 Å². The molecule has 0 aromatic carbocycles. The van der Waals surface area contributed by atoms with Crippen LogP contribution in [0, 0.1) is 0 Å². The highest BCUT2D eigenvalue weighted by Gasteiger charge is 2.33. The average molecular weight is 282 g/mol. The van der Waals surface area contributed by atoms with Crippen molar-refractivity contribution in [3.63, 3.8) is 0 Å². The Bertz CT molecular complexity index is 287. The zero-order valence-electron chi connectivity index (χ0n) is 9.96. The Morgan fingerprint density at radius 3 is 1.79 bits per heavy atom. The highest BCUT2D eigenvalue weighted by atomic mass is 16.6. The monoisotopic (exact) mass is 282 g/mol. The SMILES string of the molecule is C=CCC(=O)[C@H](O)[C@@H](O)[C@H](O)[C@H](O)CO.O=C(O)O. The summed E-state index contributed by atoms with van der Waals surface area (Å²) >= 11 is 0. The number of aliphatic hydroxyl groups excluding tert-OH is 5. The maximum absolute atomic E-state index is 11.1. The molecular weight excluding hydrogens is 264 g/mol. The molecule has 0 spiro atoms. The fourth-order valence-electron chi connectivity index (χ4n) is 0.976. The van der Waals surface area contributed by atoms with Gasteiger partial charge in [-0.3, -0.25) is 4.79 Å². The summed E-state index contributed by atoms with van der Waals surface area (Å²) in [5, 5.41) is 59.0. The van der Waals surface area contributed by atoms with E-state index in [0.29, 0.717) is 0 Å². The van der Waals surface area contributed by atoms with E-state index in [1.807, 2.05) is 0 Å². The summed E-state index contributed by atoms with van der Waals surface area (Å²) in [7, 11) is 0. The summed E-state index contributed by atoms with van der Waals surface area (Å²) in [5.74, 6) is -0.721. The van der Waals surface area contributed by atoms with Crippen LogP contribution in [-0.2, 0) is 4.79 Å². The van der Waals surface area contributed by atoms with Gasteiger partial charge in [0.25, 0.3) is 0 Å². The lowest BCUT2D eigenvalue weighted by Crippen LogP contribution is -2.48. The number of aliphatic hydroxyl groups is 5. The topological polar surface area (TPSA) is 176 Å². The molecule has 0 radical (unpaired) electrons. The maximum Gasteiger partial charge on any atom is 0.503 e. The van der Waals surface area contributed by atoms with Crippen molar-refractivity contribution in [1.29, 1.82) is 0 Å². The first-order valence-corrected chi connectivity index (χ1v) is 5.07. The van der Waals surface area contributed by atoms with Crippen molar-refractivity contribution in [2.24, 2.45) is 0 Å². The van der Waals surface area contributed by atoms with Gasteiger partial charge in [-0.2, -0.15) is 0 Å². The molecule has 0 aromatic heterocycles. The van der Waals surface area contributed by atoms with E-state index < -0.39 is 43.0 Å². The third kappa shape index (κ3) is 9.11. The van der Waals surface area contributed by atoms with Gasteiger partial charge in [0.2, 0.25) is 0 Å². The van der Waals surface area contributed by atoms with Crippen molar-refractivity contribution in [3.05, 3.63) is 12.7 Å². The van der Waals surface area contributed by atoms with Gasteiger partial charge in [0, 0.05) is 6.42 Å². The van der Waals surface area contributed by atoms with Gasteiger partial charge in [-0.15, -0.1) is 6.58 Å². The Balaban J connectivity index is 0. The fourth-order valence-corrected chi connectivity index (χ4v) is 0.976. The van der Waals surface area contributed by atoms with Gasteiger partial charge in [-0.05, 0) is 0 Å². The number of allylic oxidation sites excluding steroid dienone is 1. The van der Waals surface area contributed by atoms with Gasteiger partial charge in [0.05, 0.1) is 6.61 Å². The third-order valence-corrected chi connectivity index (χ3v) is 1.93. The quantitative estimate of drug-likeness (QED) is 0.255. The molecule has 4 atom stereocenters.